The summed E-state index contributed by atoms with van der Waals surface area (Å²) in [7, 11) is 1.38. The minimum absolute atomic E-state index is 0.162. The van der Waals surface area contributed by atoms with Gasteiger partial charge in [-0.1, -0.05) is 18.2 Å². The first-order valence-corrected chi connectivity index (χ1v) is 15.2. The number of anilines is 1. The average molecular weight is 555 g/mol. The van der Waals surface area contributed by atoms with E-state index in [0.29, 0.717) is 28.4 Å². The zero-order chi connectivity index (χ0) is 26.5. The van der Waals surface area contributed by atoms with Crippen LogP contribution in [0.25, 0.3) is 11.4 Å². The van der Waals surface area contributed by atoms with Crippen LogP contribution < -0.4 is 10.1 Å². The second kappa shape index (κ2) is 12.3. The van der Waals surface area contributed by atoms with E-state index in [1.54, 1.807) is 0 Å². The lowest BCUT2D eigenvalue weighted by Gasteiger charge is -2.13. The Hall–Kier alpha value is -2.85. The van der Waals surface area contributed by atoms with Crippen LogP contribution >= 0.6 is 23.1 Å². The van der Waals surface area contributed by atoms with E-state index in [2.05, 4.69) is 15.5 Å². The van der Waals surface area contributed by atoms with E-state index in [9.17, 15) is 9.59 Å². The van der Waals surface area contributed by atoms with Crippen molar-refractivity contribution in [1.82, 2.24) is 14.8 Å². The van der Waals surface area contributed by atoms with Crippen molar-refractivity contribution in [3.05, 3.63) is 40.3 Å². The number of aryl methyl sites for hydroxylation is 1. The van der Waals surface area contributed by atoms with Crippen molar-refractivity contribution in [2.24, 2.45) is 0 Å². The van der Waals surface area contributed by atoms with Gasteiger partial charge in [0.2, 0.25) is 5.91 Å². The molecule has 0 radical (unpaired) electrons. The van der Waals surface area contributed by atoms with Crippen LogP contribution in [0.15, 0.2) is 29.4 Å². The molecule has 0 unspecified atom stereocenters. The molecule has 3 aromatic rings. The van der Waals surface area contributed by atoms with Crippen molar-refractivity contribution in [2.45, 2.75) is 82.5 Å². The van der Waals surface area contributed by atoms with Crippen LogP contribution in [0.1, 0.15) is 72.7 Å². The molecular weight excluding hydrogens is 520 g/mol. The minimum Gasteiger partial charge on any atom is -0.490 e. The number of amides is 1. The van der Waals surface area contributed by atoms with Crippen LogP contribution in [0.5, 0.6) is 5.75 Å². The molecule has 0 aliphatic heterocycles. The first-order chi connectivity index (χ1) is 18.6. The summed E-state index contributed by atoms with van der Waals surface area (Å²) in [6.45, 7) is 2.71. The van der Waals surface area contributed by atoms with Gasteiger partial charge >= 0.3 is 5.97 Å². The maximum absolute atomic E-state index is 12.9. The smallest absolute Gasteiger partial charge is 0.341 e. The molecule has 2 aliphatic rings. The zero-order valence-corrected chi connectivity index (χ0v) is 23.6. The van der Waals surface area contributed by atoms with Crippen LogP contribution in [0.4, 0.5) is 5.00 Å². The molecule has 2 heterocycles. The second-order valence-corrected chi connectivity index (χ2v) is 11.7. The standard InChI is InChI=1S/C28H34N4O4S2/c1-3-32-25(18-13-15-20(16-14-18)36-19-9-7-8-10-19)30-31-28(32)37-17-23(33)29-26-24(27(34)35-2)21-11-5-4-6-12-22(21)38-26/h13-16,19H,3-12,17H2,1-2H3,(H,29,33). The fourth-order valence-corrected chi connectivity index (χ4v) is 7.31. The number of thioether (sulfide) groups is 1. The third-order valence-electron chi connectivity index (χ3n) is 7.15. The highest BCUT2D eigenvalue weighted by atomic mass is 32.2. The number of hydrogen-bond donors (Lipinski definition) is 1. The van der Waals surface area contributed by atoms with Gasteiger partial charge < -0.3 is 19.4 Å². The lowest BCUT2D eigenvalue weighted by molar-refractivity contribution is -0.113. The summed E-state index contributed by atoms with van der Waals surface area (Å²) in [6, 6.07) is 8.00. The highest BCUT2D eigenvalue weighted by molar-refractivity contribution is 7.99. The molecule has 2 aromatic heterocycles. The minimum atomic E-state index is -0.387. The Kier molecular flexibility index (Phi) is 8.68. The number of nitrogens with zero attached hydrogens (tertiary/aromatic N) is 3. The van der Waals surface area contributed by atoms with Gasteiger partial charge in [0.15, 0.2) is 11.0 Å². The summed E-state index contributed by atoms with van der Waals surface area (Å²) in [4.78, 5) is 26.7. The lowest BCUT2D eigenvalue weighted by Crippen LogP contribution is -2.16. The van der Waals surface area contributed by atoms with Crippen LogP contribution in [-0.4, -0.2) is 45.6 Å². The van der Waals surface area contributed by atoms with Crippen molar-refractivity contribution < 1.29 is 19.1 Å². The number of thiophene rings is 1. The largest absolute Gasteiger partial charge is 0.490 e. The van der Waals surface area contributed by atoms with E-state index in [1.807, 2.05) is 35.8 Å². The predicted molar refractivity (Wildman–Crippen MR) is 150 cm³/mol. The summed E-state index contributed by atoms with van der Waals surface area (Å²) < 4.78 is 13.1. The van der Waals surface area contributed by atoms with Crippen LogP contribution in [0.2, 0.25) is 0 Å². The first kappa shape index (κ1) is 26.7. The molecule has 5 rings (SSSR count). The maximum Gasteiger partial charge on any atom is 0.341 e. The van der Waals surface area contributed by atoms with E-state index in [0.717, 1.165) is 67.6 Å². The molecule has 8 nitrogen and oxygen atoms in total. The lowest BCUT2D eigenvalue weighted by atomic mass is 10.1. The molecule has 2 aliphatic carbocycles. The summed E-state index contributed by atoms with van der Waals surface area (Å²) in [5, 5.41) is 13.0. The second-order valence-electron chi connectivity index (χ2n) is 9.70. The summed E-state index contributed by atoms with van der Waals surface area (Å²) in [6.07, 6.45) is 10.1. The fraction of sp³-hybridized carbons (Fsp3) is 0.500. The Bertz CT molecular complexity index is 1280. The molecule has 1 aromatic carbocycles. The number of hydrogen-bond acceptors (Lipinski definition) is 8. The molecule has 0 saturated heterocycles. The first-order valence-electron chi connectivity index (χ1n) is 13.4. The molecule has 0 bridgehead atoms. The fourth-order valence-electron chi connectivity index (χ4n) is 5.22. The molecule has 0 spiro atoms. The Morgan fingerprint density at radius 3 is 2.58 bits per heavy atom. The number of carbonyl (C=O) groups excluding carboxylic acids is 2. The van der Waals surface area contributed by atoms with Gasteiger partial charge in [-0.3, -0.25) is 4.79 Å². The average Bonchev–Trinajstić information content (AvgIpc) is 3.63. The van der Waals surface area contributed by atoms with Gasteiger partial charge in [0.1, 0.15) is 10.8 Å². The summed E-state index contributed by atoms with van der Waals surface area (Å²) >= 11 is 2.84. The number of rotatable bonds is 9. The molecule has 38 heavy (non-hydrogen) atoms. The third kappa shape index (κ3) is 5.91. The number of ether oxygens (including phenoxy) is 2. The summed E-state index contributed by atoms with van der Waals surface area (Å²) in [5.41, 5.74) is 2.52. The van der Waals surface area contributed by atoms with Crippen LogP contribution in [-0.2, 0) is 28.9 Å². The molecule has 202 valence electrons. The van der Waals surface area contributed by atoms with Crippen molar-refractivity contribution >= 4 is 40.0 Å². The summed E-state index contributed by atoms with van der Waals surface area (Å²) in [5.74, 6) is 1.24. The Morgan fingerprint density at radius 2 is 1.84 bits per heavy atom. The van der Waals surface area contributed by atoms with E-state index in [4.69, 9.17) is 9.47 Å². The number of aromatic nitrogens is 3. The van der Waals surface area contributed by atoms with Gasteiger partial charge in [-0.2, -0.15) is 0 Å². The Balaban J connectivity index is 1.25. The zero-order valence-electron chi connectivity index (χ0n) is 22.0. The van der Waals surface area contributed by atoms with Crippen molar-refractivity contribution in [3.8, 4) is 17.1 Å². The van der Waals surface area contributed by atoms with Gasteiger partial charge in [-0.05, 0) is 88.1 Å². The SMILES string of the molecule is CCn1c(SCC(=O)Nc2sc3c(c2C(=O)OC)CCCCC3)nnc1-c1ccc(OC2CCCC2)cc1. The normalized spacial score (nSPS) is 15.6. The van der Waals surface area contributed by atoms with Crippen molar-refractivity contribution in [1.29, 1.82) is 0 Å². The molecule has 1 fully saturated rings. The topological polar surface area (TPSA) is 95.3 Å². The van der Waals surface area contributed by atoms with Gasteiger partial charge in [-0.15, -0.1) is 21.5 Å². The predicted octanol–water partition coefficient (Wildman–Crippen LogP) is 6.13. The van der Waals surface area contributed by atoms with Gasteiger partial charge in [0.05, 0.1) is 24.5 Å². The highest BCUT2D eigenvalue weighted by Crippen LogP contribution is 2.38. The number of nitrogens with one attached hydrogen (secondary N) is 1. The van der Waals surface area contributed by atoms with Crippen LogP contribution in [0.3, 0.4) is 0 Å². The van der Waals surface area contributed by atoms with E-state index in [1.165, 1.54) is 47.9 Å². The number of fused-ring (bicyclic) bond motifs is 1. The third-order valence-corrected chi connectivity index (χ3v) is 9.32. The Morgan fingerprint density at radius 1 is 1.08 bits per heavy atom. The van der Waals surface area contributed by atoms with Gasteiger partial charge in [-0.25, -0.2) is 4.79 Å². The molecule has 1 saturated carbocycles. The molecule has 1 N–H and O–H groups in total. The van der Waals surface area contributed by atoms with Gasteiger partial charge in [0.25, 0.3) is 0 Å². The quantitative estimate of drug-likeness (QED) is 0.193. The number of esters is 1. The number of benzene rings is 1. The molecule has 0 atom stereocenters. The Labute approximate surface area is 231 Å². The highest BCUT2D eigenvalue weighted by Gasteiger charge is 2.26. The molecule has 10 heteroatoms. The van der Waals surface area contributed by atoms with E-state index >= 15 is 0 Å². The monoisotopic (exact) mass is 554 g/mol. The van der Waals surface area contributed by atoms with Crippen LogP contribution in [0, 0.1) is 0 Å². The number of carbonyl (C=O) groups is 2. The number of methoxy groups -OCH3 is 1. The maximum atomic E-state index is 12.9. The molecular formula is C28H34N4O4S2. The van der Waals surface area contributed by atoms with E-state index < -0.39 is 0 Å². The van der Waals surface area contributed by atoms with E-state index in [-0.39, 0.29) is 17.6 Å². The molecule has 1 amide bonds. The van der Waals surface area contributed by atoms with Crippen molar-refractivity contribution in [2.75, 3.05) is 18.2 Å². The van der Waals surface area contributed by atoms with Gasteiger partial charge in [0, 0.05) is 17.0 Å². The van der Waals surface area contributed by atoms with Crippen molar-refractivity contribution in [3.63, 3.8) is 0 Å².